The van der Waals surface area contributed by atoms with E-state index >= 15 is 0 Å². The van der Waals surface area contributed by atoms with Gasteiger partial charge in [0.25, 0.3) is 5.56 Å². The van der Waals surface area contributed by atoms with E-state index in [4.69, 9.17) is 23.7 Å². The van der Waals surface area contributed by atoms with E-state index in [0.29, 0.717) is 45.1 Å². The third-order valence-corrected chi connectivity index (χ3v) is 9.32. The molecule has 11 nitrogen and oxygen atoms in total. The maximum absolute atomic E-state index is 14.4. The van der Waals surface area contributed by atoms with E-state index in [-0.39, 0.29) is 16.8 Å². The van der Waals surface area contributed by atoms with Gasteiger partial charge >= 0.3 is 12.1 Å². The number of hydrogen-bond acceptors (Lipinski definition) is 9. The number of amides is 1. The fraction of sp³-hybridized carbons (Fsp3) is 0.146. The number of carbonyl (C=O) groups is 2. The topological polar surface area (TPSA) is 126 Å². The maximum Gasteiger partial charge on any atom is 0.414 e. The number of aromatic hydroxyl groups is 1. The van der Waals surface area contributed by atoms with Gasteiger partial charge in [0, 0.05) is 16.9 Å². The summed E-state index contributed by atoms with van der Waals surface area (Å²) in [5.74, 6) is 0.0375. The first kappa shape index (κ1) is 33.7. The number of nitrogens with zero attached hydrogens (tertiary/aromatic N) is 2. The number of anilines is 1. The minimum atomic E-state index is -0.796. The van der Waals surface area contributed by atoms with Crippen molar-refractivity contribution < 1.29 is 38.4 Å². The van der Waals surface area contributed by atoms with E-state index < -0.39 is 23.7 Å². The SMILES string of the molecule is COC(=O)c1c(-c2cc(OC)c(OC)c(OC)c2)c2ccc(O)cc2c(=O)n1-c1ccc(N(C(=O)OC)C2c3ccccc3-c3ccccc32)cc1. The highest BCUT2D eigenvalue weighted by Crippen LogP contribution is 2.48. The molecule has 1 aliphatic rings. The van der Waals surface area contributed by atoms with Gasteiger partial charge in [0.05, 0.1) is 47.0 Å². The van der Waals surface area contributed by atoms with Crippen molar-refractivity contribution in [1.29, 1.82) is 0 Å². The lowest BCUT2D eigenvalue weighted by molar-refractivity contribution is 0.0591. The molecule has 1 aliphatic carbocycles. The maximum atomic E-state index is 14.4. The van der Waals surface area contributed by atoms with Crippen LogP contribution in [0.2, 0.25) is 0 Å². The molecule has 1 heterocycles. The molecule has 0 atom stereocenters. The highest BCUT2D eigenvalue weighted by Gasteiger charge is 2.37. The van der Waals surface area contributed by atoms with Crippen LogP contribution in [-0.2, 0) is 9.47 Å². The van der Waals surface area contributed by atoms with Gasteiger partial charge in [0.2, 0.25) is 5.75 Å². The highest BCUT2D eigenvalue weighted by molar-refractivity contribution is 6.08. The lowest BCUT2D eigenvalue weighted by Gasteiger charge is -2.29. The third-order valence-electron chi connectivity index (χ3n) is 9.32. The van der Waals surface area contributed by atoms with E-state index in [2.05, 4.69) is 0 Å². The molecule has 0 saturated heterocycles. The number of esters is 1. The van der Waals surface area contributed by atoms with Crippen LogP contribution in [0.5, 0.6) is 23.0 Å². The predicted octanol–water partition coefficient (Wildman–Crippen LogP) is 7.52. The Hall–Kier alpha value is -6.75. The minimum absolute atomic E-state index is 0.0869. The molecular weight excluding hydrogens is 664 g/mol. The number of methoxy groups -OCH3 is 5. The average Bonchev–Trinajstić information content (AvgIpc) is 3.51. The first-order valence-corrected chi connectivity index (χ1v) is 16.2. The second-order valence-electron chi connectivity index (χ2n) is 11.9. The Labute approximate surface area is 298 Å². The molecule has 11 heteroatoms. The highest BCUT2D eigenvalue weighted by atomic mass is 16.5. The van der Waals surface area contributed by atoms with Crippen LogP contribution in [0.3, 0.4) is 0 Å². The van der Waals surface area contributed by atoms with Crippen molar-refractivity contribution in [3.05, 3.63) is 130 Å². The Bertz CT molecular complexity index is 2360. The number of fused-ring (bicyclic) bond motifs is 4. The number of ether oxygens (including phenoxy) is 5. The summed E-state index contributed by atoms with van der Waals surface area (Å²) in [6, 6.07) is 29.6. The summed E-state index contributed by atoms with van der Waals surface area (Å²) >= 11 is 0. The van der Waals surface area contributed by atoms with Crippen molar-refractivity contribution in [3.8, 4) is 50.9 Å². The minimum Gasteiger partial charge on any atom is -0.508 e. The number of aromatic nitrogens is 1. The molecule has 0 radical (unpaired) electrons. The molecule has 0 unspecified atom stereocenters. The van der Waals surface area contributed by atoms with Crippen LogP contribution < -0.4 is 24.7 Å². The molecule has 0 saturated carbocycles. The summed E-state index contributed by atoms with van der Waals surface area (Å²) in [6.07, 6.45) is -0.581. The fourth-order valence-corrected chi connectivity index (χ4v) is 7.07. The molecule has 1 aromatic heterocycles. The molecule has 0 bridgehead atoms. The Morgan fingerprint density at radius 1 is 0.692 bits per heavy atom. The van der Waals surface area contributed by atoms with Gasteiger partial charge in [0.1, 0.15) is 11.4 Å². The predicted molar refractivity (Wildman–Crippen MR) is 196 cm³/mol. The van der Waals surface area contributed by atoms with Crippen LogP contribution in [-0.4, -0.2) is 57.3 Å². The zero-order valence-corrected chi connectivity index (χ0v) is 29.0. The molecule has 5 aromatic carbocycles. The molecular formula is C41H34N2O9. The van der Waals surface area contributed by atoms with Crippen LogP contribution in [0.25, 0.3) is 38.7 Å². The van der Waals surface area contributed by atoms with E-state index in [1.54, 1.807) is 47.4 Å². The Kier molecular flexibility index (Phi) is 8.77. The van der Waals surface area contributed by atoms with Crippen LogP contribution in [0, 0.1) is 0 Å². The van der Waals surface area contributed by atoms with Crippen LogP contribution in [0.1, 0.15) is 27.7 Å². The number of phenols is 1. The van der Waals surface area contributed by atoms with Crippen molar-refractivity contribution in [3.63, 3.8) is 0 Å². The van der Waals surface area contributed by atoms with Gasteiger partial charge in [-0.05, 0) is 87.8 Å². The summed E-state index contributed by atoms with van der Waals surface area (Å²) in [5, 5.41) is 11.0. The smallest absolute Gasteiger partial charge is 0.414 e. The standard InChI is InChI=1S/C41H34N2O9/c1-48-33-20-23(21-34(49-2)38(33)50-3)35-29-19-18-26(44)22-32(29)39(45)42(37(35)40(46)51-4)24-14-16-25(17-15-24)43(41(47)52-5)36-30-12-8-6-10-27(30)28-11-7-9-13-31(28)36/h6-22,36,44H,1-5H3. The Balaban J connectivity index is 1.46. The second-order valence-corrected chi connectivity index (χ2v) is 11.9. The largest absolute Gasteiger partial charge is 0.508 e. The summed E-state index contributed by atoms with van der Waals surface area (Å²) in [6.45, 7) is 0. The molecule has 6 aromatic rings. The second kappa shape index (κ2) is 13.5. The van der Waals surface area contributed by atoms with Crippen molar-refractivity contribution in [2.45, 2.75) is 6.04 Å². The Morgan fingerprint density at radius 3 is 1.83 bits per heavy atom. The Morgan fingerprint density at radius 2 is 1.29 bits per heavy atom. The van der Waals surface area contributed by atoms with Gasteiger partial charge in [-0.1, -0.05) is 48.5 Å². The van der Waals surface area contributed by atoms with Gasteiger partial charge in [-0.3, -0.25) is 14.3 Å². The van der Waals surface area contributed by atoms with E-state index in [9.17, 15) is 19.5 Å². The van der Waals surface area contributed by atoms with Crippen LogP contribution in [0.15, 0.2) is 108 Å². The van der Waals surface area contributed by atoms with Gasteiger partial charge in [-0.15, -0.1) is 0 Å². The van der Waals surface area contributed by atoms with E-state index in [0.717, 1.165) is 22.3 Å². The van der Waals surface area contributed by atoms with Crippen molar-refractivity contribution in [1.82, 2.24) is 4.57 Å². The summed E-state index contributed by atoms with van der Waals surface area (Å²) in [4.78, 5) is 43.4. The monoisotopic (exact) mass is 698 g/mol. The number of rotatable bonds is 8. The van der Waals surface area contributed by atoms with E-state index in [1.165, 1.54) is 52.2 Å². The van der Waals surface area contributed by atoms with Gasteiger partial charge in [-0.2, -0.15) is 0 Å². The van der Waals surface area contributed by atoms with Gasteiger partial charge in [0.15, 0.2) is 11.5 Å². The summed E-state index contributed by atoms with van der Waals surface area (Å²) in [7, 11) is 6.98. The molecule has 7 rings (SSSR count). The normalized spacial score (nSPS) is 11.8. The zero-order valence-electron chi connectivity index (χ0n) is 29.0. The molecule has 1 amide bonds. The van der Waals surface area contributed by atoms with Crippen molar-refractivity contribution in [2.75, 3.05) is 40.4 Å². The van der Waals surface area contributed by atoms with Gasteiger partial charge < -0.3 is 28.8 Å². The molecule has 52 heavy (non-hydrogen) atoms. The number of pyridine rings is 1. The van der Waals surface area contributed by atoms with Crippen LogP contribution >= 0.6 is 0 Å². The number of phenolic OH excluding ortho intramolecular Hbond substituents is 1. The van der Waals surface area contributed by atoms with Crippen LogP contribution in [0.4, 0.5) is 10.5 Å². The number of hydrogen-bond donors (Lipinski definition) is 1. The van der Waals surface area contributed by atoms with Crippen molar-refractivity contribution in [2.24, 2.45) is 0 Å². The fourth-order valence-electron chi connectivity index (χ4n) is 7.07. The molecule has 0 spiro atoms. The molecule has 1 N–H and O–H groups in total. The summed E-state index contributed by atoms with van der Waals surface area (Å²) < 4.78 is 28.6. The molecule has 262 valence electrons. The third kappa shape index (κ3) is 5.34. The lowest BCUT2D eigenvalue weighted by Crippen LogP contribution is -2.34. The first-order chi connectivity index (χ1) is 25.3. The molecule has 0 aliphatic heterocycles. The van der Waals surface area contributed by atoms with Gasteiger partial charge in [-0.25, -0.2) is 9.59 Å². The quantitative estimate of drug-likeness (QED) is 0.161. The van der Waals surface area contributed by atoms with E-state index in [1.807, 2.05) is 48.5 Å². The number of benzene rings is 5. The first-order valence-electron chi connectivity index (χ1n) is 16.2. The van der Waals surface area contributed by atoms with Crippen molar-refractivity contribution >= 4 is 28.5 Å². The molecule has 0 fully saturated rings. The average molecular weight is 699 g/mol. The lowest BCUT2D eigenvalue weighted by atomic mass is 9.95. The summed E-state index contributed by atoms with van der Waals surface area (Å²) in [5.41, 5.74) is 4.79. The number of carbonyl (C=O) groups excluding carboxylic acids is 2. The zero-order chi connectivity index (χ0) is 36.7.